The molecule has 0 heterocycles. The van der Waals surface area contributed by atoms with Gasteiger partial charge in [0.25, 0.3) is 0 Å². The Balaban J connectivity index is 2.74. The van der Waals surface area contributed by atoms with Gasteiger partial charge in [0.15, 0.2) is 0 Å². The second kappa shape index (κ2) is 7.33. The molecule has 2 nitrogen and oxygen atoms in total. The average molecular weight is 235 g/mol. The maximum Gasteiger partial charge on any atom is 0.125 e. The average Bonchev–Trinajstić information content (AvgIpc) is 2.33. The van der Waals surface area contributed by atoms with E-state index in [0.29, 0.717) is 12.5 Å². The standard InChI is InChI=1S/C15H25NO/c1-4-13(5-2)11-17-15-12(3)7-6-8-14(15)9-10-16/h6-8,13H,4-5,9-11,16H2,1-3H3. The second-order valence-electron chi connectivity index (χ2n) is 4.60. The van der Waals surface area contributed by atoms with Gasteiger partial charge in [-0.1, -0.05) is 44.9 Å². The summed E-state index contributed by atoms with van der Waals surface area (Å²) in [4.78, 5) is 0. The molecule has 0 saturated carbocycles. The zero-order chi connectivity index (χ0) is 12.7. The van der Waals surface area contributed by atoms with Crippen LogP contribution in [-0.4, -0.2) is 13.2 Å². The van der Waals surface area contributed by atoms with Crippen molar-refractivity contribution in [2.75, 3.05) is 13.2 Å². The molecule has 0 bridgehead atoms. The molecule has 0 fully saturated rings. The fourth-order valence-corrected chi connectivity index (χ4v) is 2.00. The Morgan fingerprint density at radius 2 is 1.94 bits per heavy atom. The third kappa shape index (κ3) is 4.04. The molecule has 0 aromatic heterocycles. The summed E-state index contributed by atoms with van der Waals surface area (Å²) in [5.41, 5.74) is 8.08. The third-order valence-electron chi connectivity index (χ3n) is 3.33. The summed E-state index contributed by atoms with van der Waals surface area (Å²) in [6.07, 6.45) is 3.24. The van der Waals surface area contributed by atoms with Crippen LogP contribution in [0.3, 0.4) is 0 Å². The van der Waals surface area contributed by atoms with Crippen LogP contribution in [0.15, 0.2) is 18.2 Å². The molecule has 1 rings (SSSR count). The highest BCUT2D eigenvalue weighted by atomic mass is 16.5. The molecule has 1 aromatic carbocycles. The molecule has 0 radical (unpaired) electrons. The first-order chi connectivity index (χ1) is 8.22. The molecule has 17 heavy (non-hydrogen) atoms. The molecule has 2 N–H and O–H groups in total. The zero-order valence-corrected chi connectivity index (χ0v) is 11.3. The first-order valence-electron chi connectivity index (χ1n) is 6.64. The van der Waals surface area contributed by atoms with Crippen LogP contribution in [0.5, 0.6) is 5.75 Å². The molecular formula is C15H25NO. The van der Waals surface area contributed by atoms with Crippen molar-refractivity contribution < 1.29 is 4.74 Å². The van der Waals surface area contributed by atoms with Crippen LogP contribution in [0.2, 0.25) is 0 Å². The van der Waals surface area contributed by atoms with E-state index in [4.69, 9.17) is 10.5 Å². The lowest BCUT2D eigenvalue weighted by atomic mass is 10.0. The molecular weight excluding hydrogens is 210 g/mol. The van der Waals surface area contributed by atoms with Gasteiger partial charge in [-0.15, -0.1) is 0 Å². The van der Waals surface area contributed by atoms with E-state index in [0.717, 1.165) is 18.8 Å². The van der Waals surface area contributed by atoms with Crippen molar-refractivity contribution in [1.29, 1.82) is 0 Å². The number of hydrogen-bond donors (Lipinski definition) is 1. The Hall–Kier alpha value is -1.02. The summed E-state index contributed by atoms with van der Waals surface area (Å²) in [5.74, 6) is 1.70. The molecule has 0 aliphatic rings. The lowest BCUT2D eigenvalue weighted by molar-refractivity contribution is 0.237. The van der Waals surface area contributed by atoms with E-state index in [9.17, 15) is 0 Å². The summed E-state index contributed by atoms with van der Waals surface area (Å²) in [5, 5.41) is 0. The van der Waals surface area contributed by atoms with Gasteiger partial charge in [-0.25, -0.2) is 0 Å². The zero-order valence-electron chi connectivity index (χ0n) is 11.3. The summed E-state index contributed by atoms with van der Waals surface area (Å²) in [7, 11) is 0. The summed E-state index contributed by atoms with van der Waals surface area (Å²) >= 11 is 0. The van der Waals surface area contributed by atoms with Crippen molar-refractivity contribution in [2.45, 2.75) is 40.0 Å². The number of nitrogens with two attached hydrogens (primary N) is 1. The van der Waals surface area contributed by atoms with Gasteiger partial charge in [0.2, 0.25) is 0 Å². The van der Waals surface area contributed by atoms with Gasteiger partial charge < -0.3 is 10.5 Å². The van der Waals surface area contributed by atoms with Gasteiger partial charge in [-0.2, -0.15) is 0 Å². The van der Waals surface area contributed by atoms with E-state index in [2.05, 4.69) is 39.0 Å². The van der Waals surface area contributed by atoms with Crippen molar-refractivity contribution in [3.05, 3.63) is 29.3 Å². The molecule has 0 saturated heterocycles. The fraction of sp³-hybridized carbons (Fsp3) is 0.600. The number of hydrogen-bond acceptors (Lipinski definition) is 2. The Bertz CT molecular complexity index is 332. The third-order valence-corrected chi connectivity index (χ3v) is 3.33. The minimum absolute atomic E-state index is 0.653. The Morgan fingerprint density at radius 1 is 1.24 bits per heavy atom. The number of para-hydroxylation sites is 1. The summed E-state index contributed by atoms with van der Waals surface area (Å²) < 4.78 is 6.01. The molecule has 1 aromatic rings. The monoisotopic (exact) mass is 235 g/mol. The van der Waals surface area contributed by atoms with Gasteiger partial charge in [-0.05, 0) is 36.9 Å². The van der Waals surface area contributed by atoms with Crippen LogP contribution in [-0.2, 0) is 6.42 Å². The largest absolute Gasteiger partial charge is 0.493 e. The predicted molar refractivity (Wildman–Crippen MR) is 73.5 cm³/mol. The fourth-order valence-electron chi connectivity index (χ4n) is 2.00. The van der Waals surface area contributed by atoms with Crippen molar-refractivity contribution in [3.63, 3.8) is 0 Å². The van der Waals surface area contributed by atoms with Crippen LogP contribution in [0.4, 0.5) is 0 Å². The van der Waals surface area contributed by atoms with Gasteiger partial charge >= 0.3 is 0 Å². The minimum atomic E-state index is 0.653. The molecule has 0 spiro atoms. The van der Waals surface area contributed by atoms with Gasteiger partial charge in [0.05, 0.1) is 6.61 Å². The van der Waals surface area contributed by atoms with E-state index in [1.807, 2.05) is 0 Å². The van der Waals surface area contributed by atoms with Crippen LogP contribution in [0.1, 0.15) is 37.8 Å². The maximum atomic E-state index is 6.01. The smallest absolute Gasteiger partial charge is 0.125 e. The van der Waals surface area contributed by atoms with E-state index in [1.165, 1.54) is 24.0 Å². The van der Waals surface area contributed by atoms with Crippen molar-refractivity contribution in [3.8, 4) is 5.75 Å². The number of benzene rings is 1. The summed E-state index contributed by atoms with van der Waals surface area (Å²) in [6.45, 7) is 8.02. The highest BCUT2D eigenvalue weighted by Gasteiger charge is 2.09. The molecule has 0 aliphatic carbocycles. The summed E-state index contributed by atoms with van der Waals surface area (Å²) in [6, 6.07) is 6.29. The van der Waals surface area contributed by atoms with Gasteiger partial charge in [0.1, 0.15) is 5.75 Å². The minimum Gasteiger partial charge on any atom is -0.493 e. The highest BCUT2D eigenvalue weighted by molar-refractivity contribution is 5.40. The number of rotatable bonds is 7. The van der Waals surface area contributed by atoms with Crippen molar-refractivity contribution in [1.82, 2.24) is 0 Å². The quantitative estimate of drug-likeness (QED) is 0.787. The van der Waals surface area contributed by atoms with E-state index < -0.39 is 0 Å². The van der Waals surface area contributed by atoms with E-state index in [1.54, 1.807) is 0 Å². The van der Waals surface area contributed by atoms with E-state index >= 15 is 0 Å². The lowest BCUT2D eigenvalue weighted by Crippen LogP contribution is -2.13. The number of ether oxygens (including phenoxy) is 1. The van der Waals surface area contributed by atoms with Gasteiger partial charge in [0, 0.05) is 0 Å². The predicted octanol–water partition coefficient (Wildman–Crippen LogP) is 3.31. The lowest BCUT2D eigenvalue weighted by Gasteiger charge is -2.18. The highest BCUT2D eigenvalue weighted by Crippen LogP contribution is 2.25. The SMILES string of the molecule is CCC(CC)COc1c(C)cccc1CCN. The van der Waals surface area contributed by atoms with Crippen LogP contribution < -0.4 is 10.5 Å². The van der Waals surface area contributed by atoms with Crippen LogP contribution in [0, 0.1) is 12.8 Å². The topological polar surface area (TPSA) is 35.2 Å². The van der Waals surface area contributed by atoms with Crippen molar-refractivity contribution >= 4 is 0 Å². The first kappa shape index (κ1) is 14.0. The molecule has 2 heteroatoms. The van der Waals surface area contributed by atoms with Crippen molar-refractivity contribution in [2.24, 2.45) is 11.7 Å². The normalized spacial score (nSPS) is 10.9. The molecule has 0 unspecified atom stereocenters. The number of aryl methyl sites for hydroxylation is 1. The molecule has 0 amide bonds. The van der Waals surface area contributed by atoms with Crippen LogP contribution >= 0.6 is 0 Å². The van der Waals surface area contributed by atoms with E-state index in [-0.39, 0.29) is 0 Å². The Kier molecular flexibility index (Phi) is 6.06. The maximum absolute atomic E-state index is 6.01. The second-order valence-corrected chi connectivity index (χ2v) is 4.60. The van der Waals surface area contributed by atoms with Gasteiger partial charge in [-0.3, -0.25) is 0 Å². The molecule has 0 atom stereocenters. The Morgan fingerprint density at radius 3 is 2.53 bits per heavy atom. The van der Waals surface area contributed by atoms with Crippen LogP contribution in [0.25, 0.3) is 0 Å². The first-order valence-corrected chi connectivity index (χ1v) is 6.64. The Labute approximate surface area is 105 Å². The molecule has 96 valence electrons. The molecule has 0 aliphatic heterocycles.